The van der Waals surface area contributed by atoms with Crippen molar-refractivity contribution in [3.05, 3.63) is 46.9 Å². The summed E-state index contributed by atoms with van der Waals surface area (Å²) in [6, 6.07) is 7.73. The van der Waals surface area contributed by atoms with Crippen molar-refractivity contribution >= 4 is 40.1 Å². The zero-order chi connectivity index (χ0) is 16.4. The molecule has 4 rings (SSSR count). The Labute approximate surface area is 148 Å². The van der Waals surface area contributed by atoms with Crippen LogP contribution in [0.4, 0.5) is 11.5 Å². The van der Waals surface area contributed by atoms with E-state index >= 15 is 0 Å². The molecule has 1 N–H and O–H groups in total. The van der Waals surface area contributed by atoms with Crippen LogP contribution < -0.4 is 10.2 Å². The molecule has 0 spiro atoms. The second-order valence-corrected chi connectivity index (χ2v) is 7.34. The molecule has 1 fully saturated rings. The highest BCUT2D eigenvalue weighted by Gasteiger charge is 2.19. The van der Waals surface area contributed by atoms with Gasteiger partial charge in [-0.3, -0.25) is 4.79 Å². The van der Waals surface area contributed by atoms with Crippen LogP contribution in [0.3, 0.4) is 0 Å². The number of nitrogens with zero attached hydrogens (tertiary/aromatic N) is 3. The van der Waals surface area contributed by atoms with Gasteiger partial charge in [0, 0.05) is 24.7 Å². The zero-order valence-electron chi connectivity index (χ0n) is 12.9. The van der Waals surface area contributed by atoms with Gasteiger partial charge in [-0.2, -0.15) is 0 Å². The first-order valence-corrected chi connectivity index (χ1v) is 9.58. The fraction of sp³-hybridized carbons (Fsp3) is 0.235. The maximum atomic E-state index is 12.6. The molecule has 0 saturated carbocycles. The van der Waals surface area contributed by atoms with Crippen LogP contribution >= 0.6 is 22.7 Å². The number of nitrogens with one attached hydrogen (secondary N) is 1. The number of hydrogen-bond acceptors (Lipinski definition) is 6. The van der Waals surface area contributed by atoms with Gasteiger partial charge in [0.15, 0.2) is 5.82 Å². The highest BCUT2D eigenvalue weighted by molar-refractivity contribution is 7.20. The first-order valence-electron chi connectivity index (χ1n) is 7.82. The lowest BCUT2D eigenvalue weighted by molar-refractivity contribution is 0.102. The van der Waals surface area contributed by atoms with Gasteiger partial charge in [-0.15, -0.1) is 22.7 Å². The number of hydrogen-bond donors (Lipinski definition) is 1. The molecule has 122 valence electrons. The zero-order valence-corrected chi connectivity index (χ0v) is 14.6. The standard InChI is InChI=1S/C17H16N4OS2/c22-16(13-11-24-17(20-13)14-6-4-10-23-14)19-12-5-3-7-18-15(12)21-8-1-2-9-21/h3-7,10-11H,1-2,8-9H2,(H,19,22). The van der Waals surface area contributed by atoms with E-state index in [4.69, 9.17) is 0 Å². The number of amides is 1. The lowest BCUT2D eigenvalue weighted by Gasteiger charge is -2.19. The summed E-state index contributed by atoms with van der Waals surface area (Å²) >= 11 is 3.11. The number of thiazole rings is 1. The maximum absolute atomic E-state index is 12.6. The van der Waals surface area contributed by atoms with E-state index in [9.17, 15) is 4.79 Å². The van der Waals surface area contributed by atoms with E-state index in [2.05, 4.69) is 20.2 Å². The monoisotopic (exact) mass is 356 g/mol. The van der Waals surface area contributed by atoms with Crippen molar-refractivity contribution in [2.24, 2.45) is 0 Å². The summed E-state index contributed by atoms with van der Waals surface area (Å²) in [7, 11) is 0. The Morgan fingerprint density at radius 1 is 1.17 bits per heavy atom. The number of pyridine rings is 1. The highest BCUT2D eigenvalue weighted by Crippen LogP contribution is 2.29. The van der Waals surface area contributed by atoms with E-state index < -0.39 is 0 Å². The van der Waals surface area contributed by atoms with E-state index in [1.165, 1.54) is 24.2 Å². The van der Waals surface area contributed by atoms with Gasteiger partial charge in [-0.05, 0) is 36.4 Å². The third kappa shape index (κ3) is 3.05. The number of thiophene rings is 1. The minimum absolute atomic E-state index is 0.192. The summed E-state index contributed by atoms with van der Waals surface area (Å²) in [6.07, 6.45) is 4.10. The third-order valence-electron chi connectivity index (χ3n) is 3.91. The molecule has 1 saturated heterocycles. The van der Waals surface area contributed by atoms with Crippen molar-refractivity contribution in [2.45, 2.75) is 12.8 Å². The van der Waals surface area contributed by atoms with Crippen LogP contribution in [0.25, 0.3) is 9.88 Å². The summed E-state index contributed by atoms with van der Waals surface area (Å²) in [6.45, 7) is 1.97. The molecular formula is C17H16N4OS2. The summed E-state index contributed by atoms with van der Waals surface area (Å²) in [5.41, 5.74) is 1.19. The molecule has 7 heteroatoms. The lowest BCUT2D eigenvalue weighted by atomic mass is 10.3. The Balaban J connectivity index is 1.54. The second-order valence-electron chi connectivity index (χ2n) is 5.54. The Bertz CT molecular complexity index is 838. The molecule has 0 radical (unpaired) electrons. The third-order valence-corrected chi connectivity index (χ3v) is 5.79. The van der Waals surface area contributed by atoms with Crippen LogP contribution in [0, 0.1) is 0 Å². The Morgan fingerprint density at radius 2 is 2.04 bits per heavy atom. The van der Waals surface area contributed by atoms with Crippen molar-refractivity contribution in [2.75, 3.05) is 23.3 Å². The molecule has 0 atom stereocenters. The van der Waals surface area contributed by atoms with Crippen LogP contribution in [0.1, 0.15) is 23.3 Å². The number of anilines is 2. The molecule has 1 aliphatic heterocycles. The second kappa shape index (κ2) is 6.70. The summed E-state index contributed by atoms with van der Waals surface area (Å²) in [5.74, 6) is 0.652. The first kappa shape index (κ1) is 15.3. The van der Waals surface area contributed by atoms with Crippen LogP contribution in [0.5, 0.6) is 0 Å². The predicted octanol–water partition coefficient (Wildman–Crippen LogP) is 4.12. The number of rotatable bonds is 4. The van der Waals surface area contributed by atoms with Crippen molar-refractivity contribution in [3.8, 4) is 9.88 Å². The average Bonchev–Trinajstić information content (AvgIpc) is 3.35. The quantitative estimate of drug-likeness (QED) is 0.764. The van der Waals surface area contributed by atoms with Gasteiger partial charge in [0.1, 0.15) is 10.7 Å². The molecule has 1 amide bonds. The van der Waals surface area contributed by atoms with Gasteiger partial charge in [0.05, 0.1) is 10.6 Å². The van der Waals surface area contributed by atoms with Crippen LogP contribution in [0.15, 0.2) is 41.2 Å². The minimum Gasteiger partial charge on any atom is -0.355 e. The van der Waals surface area contributed by atoms with E-state index in [1.807, 2.05) is 29.6 Å². The molecular weight excluding hydrogens is 340 g/mol. The van der Waals surface area contributed by atoms with Gasteiger partial charge in [-0.25, -0.2) is 9.97 Å². The molecule has 0 bridgehead atoms. The molecule has 1 aliphatic rings. The molecule has 5 nitrogen and oxygen atoms in total. The van der Waals surface area contributed by atoms with E-state index in [0.29, 0.717) is 5.69 Å². The number of carbonyl (C=O) groups excluding carboxylic acids is 1. The Morgan fingerprint density at radius 3 is 2.83 bits per heavy atom. The average molecular weight is 356 g/mol. The number of carbonyl (C=O) groups is 1. The van der Waals surface area contributed by atoms with Crippen molar-refractivity contribution in [3.63, 3.8) is 0 Å². The molecule has 0 unspecified atom stereocenters. The van der Waals surface area contributed by atoms with Crippen LogP contribution in [-0.4, -0.2) is 29.0 Å². The van der Waals surface area contributed by atoms with Crippen molar-refractivity contribution in [1.82, 2.24) is 9.97 Å². The lowest BCUT2D eigenvalue weighted by Crippen LogP contribution is -2.22. The largest absolute Gasteiger partial charge is 0.355 e. The summed E-state index contributed by atoms with van der Waals surface area (Å²) < 4.78 is 0. The van der Waals surface area contributed by atoms with Gasteiger partial charge in [-0.1, -0.05) is 6.07 Å². The molecule has 24 heavy (non-hydrogen) atoms. The molecule has 4 heterocycles. The van der Waals surface area contributed by atoms with E-state index in [1.54, 1.807) is 22.9 Å². The Hall–Kier alpha value is -2.25. The van der Waals surface area contributed by atoms with Crippen molar-refractivity contribution < 1.29 is 4.79 Å². The minimum atomic E-state index is -0.192. The van der Waals surface area contributed by atoms with E-state index in [-0.39, 0.29) is 5.91 Å². The highest BCUT2D eigenvalue weighted by atomic mass is 32.1. The van der Waals surface area contributed by atoms with E-state index in [0.717, 1.165) is 34.5 Å². The molecule has 3 aromatic heterocycles. The van der Waals surface area contributed by atoms with Crippen LogP contribution in [0.2, 0.25) is 0 Å². The SMILES string of the molecule is O=C(Nc1cccnc1N1CCCC1)c1csc(-c2cccs2)n1. The first-order chi connectivity index (χ1) is 11.8. The molecule has 0 aromatic carbocycles. The smallest absolute Gasteiger partial charge is 0.275 e. The van der Waals surface area contributed by atoms with Gasteiger partial charge >= 0.3 is 0 Å². The Kier molecular flexibility index (Phi) is 4.27. The van der Waals surface area contributed by atoms with Crippen molar-refractivity contribution in [1.29, 1.82) is 0 Å². The van der Waals surface area contributed by atoms with Crippen LogP contribution in [-0.2, 0) is 0 Å². The summed E-state index contributed by atoms with van der Waals surface area (Å²) in [5, 5.41) is 7.65. The summed E-state index contributed by atoms with van der Waals surface area (Å²) in [4.78, 5) is 24.8. The predicted molar refractivity (Wildman–Crippen MR) is 99.1 cm³/mol. The fourth-order valence-corrected chi connectivity index (χ4v) is 4.37. The fourth-order valence-electron chi connectivity index (χ4n) is 2.75. The number of aromatic nitrogens is 2. The topological polar surface area (TPSA) is 58.1 Å². The molecule has 3 aromatic rings. The van der Waals surface area contributed by atoms with Gasteiger partial charge < -0.3 is 10.2 Å². The van der Waals surface area contributed by atoms with Gasteiger partial charge in [0.25, 0.3) is 5.91 Å². The molecule has 0 aliphatic carbocycles. The maximum Gasteiger partial charge on any atom is 0.275 e. The van der Waals surface area contributed by atoms with Gasteiger partial charge in [0.2, 0.25) is 0 Å². The normalized spacial score (nSPS) is 14.1.